The fraction of sp³-hybridized carbons (Fsp3) is 0.250. The number of benzene rings is 1. The zero-order chi connectivity index (χ0) is 17.9. The number of aliphatic hydroxyl groups excluding tert-OH is 1. The summed E-state index contributed by atoms with van der Waals surface area (Å²) >= 11 is 0. The molecule has 6 heteroatoms. The molecule has 2 aromatic heterocycles. The SMILES string of the molecule is OC(O)c1ccncc1NCC1CCOc2cc(-c3ccoc3)ccc21. The number of aromatic nitrogens is 1. The first-order chi connectivity index (χ1) is 12.7. The molecule has 4 rings (SSSR count). The molecule has 3 N–H and O–H groups in total. The van der Waals surface area contributed by atoms with Gasteiger partial charge in [0.2, 0.25) is 0 Å². The molecule has 3 aromatic rings. The van der Waals surface area contributed by atoms with Crippen LogP contribution >= 0.6 is 0 Å². The molecule has 26 heavy (non-hydrogen) atoms. The van der Waals surface area contributed by atoms with Crippen molar-refractivity contribution in [3.8, 4) is 16.9 Å². The first-order valence-corrected chi connectivity index (χ1v) is 8.55. The van der Waals surface area contributed by atoms with Gasteiger partial charge in [0, 0.05) is 29.8 Å². The number of nitrogens with zero attached hydrogens (tertiary/aromatic N) is 1. The van der Waals surface area contributed by atoms with Gasteiger partial charge in [-0.15, -0.1) is 0 Å². The minimum Gasteiger partial charge on any atom is -0.493 e. The summed E-state index contributed by atoms with van der Waals surface area (Å²) in [7, 11) is 0. The van der Waals surface area contributed by atoms with Crippen LogP contribution in [-0.2, 0) is 0 Å². The maximum Gasteiger partial charge on any atom is 0.180 e. The number of anilines is 1. The largest absolute Gasteiger partial charge is 0.493 e. The zero-order valence-electron chi connectivity index (χ0n) is 14.1. The maximum atomic E-state index is 9.48. The summed E-state index contributed by atoms with van der Waals surface area (Å²) in [5.74, 6) is 1.15. The Hall–Kier alpha value is -2.83. The minimum absolute atomic E-state index is 0.265. The first-order valence-electron chi connectivity index (χ1n) is 8.55. The highest BCUT2D eigenvalue weighted by atomic mass is 16.5. The van der Waals surface area contributed by atoms with E-state index in [0.717, 1.165) is 28.9 Å². The average Bonchev–Trinajstić information content (AvgIpc) is 3.21. The molecule has 0 bridgehead atoms. The summed E-state index contributed by atoms with van der Waals surface area (Å²) in [5, 5.41) is 22.3. The van der Waals surface area contributed by atoms with Crippen LogP contribution in [0.5, 0.6) is 5.75 Å². The molecule has 1 atom stereocenters. The quantitative estimate of drug-likeness (QED) is 0.611. The van der Waals surface area contributed by atoms with Gasteiger partial charge in [-0.1, -0.05) is 12.1 Å². The Balaban J connectivity index is 1.53. The second-order valence-corrected chi connectivity index (χ2v) is 6.32. The van der Waals surface area contributed by atoms with Gasteiger partial charge in [0.05, 0.1) is 31.0 Å². The number of rotatable bonds is 5. The van der Waals surface area contributed by atoms with Crippen molar-refractivity contribution in [2.24, 2.45) is 0 Å². The molecule has 0 fully saturated rings. The number of aliphatic hydroxyl groups is 2. The van der Waals surface area contributed by atoms with E-state index in [0.29, 0.717) is 24.4 Å². The standard InChI is InChI=1S/C20H20N2O4/c23-20(24)17-3-6-21-11-18(17)22-10-14-5-8-26-19-9-13(1-2-16(14)19)15-4-7-25-12-15/h1-4,6-7,9,11-12,14,20,22-24H,5,8,10H2. The van der Waals surface area contributed by atoms with Crippen LogP contribution in [0.4, 0.5) is 5.69 Å². The van der Waals surface area contributed by atoms with E-state index >= 15 is 0 Å². The van der Waals surface area contributed by atoms with Gasteiger partial charge in [0.15, 0.2) is 6.29 Å². The number of furan rings is 1. The Kier molecular flexibility index (Phi) is 4.60. The molecule has 134 valence electrons. The third-order valence-corrected chi connectivity index (χ3v) is 4.70. The topological polar surface area (TPSA) is 87.8 Å². The lowest BCUT2D eigenvalue weighted by Gasteiger charge is -2.27. The van der Waals surface area contributed by atoms with Crippen LogP contribution in [0, 0.1) is 0 Å². The van der Waals surface area contributed by atoms with Crippen molar-refractivity contribution in [2.75, 3.05) is 18.5 Å². The van der Waals surface area contributed by atoms with E-state index in [1.807, 2.05) is 12.1 Å². The monoisotopic (exact) mass is 352 g/mol. The highest BCUT2D eigenvalue weighted by molar-refractivity contribution is 5.65. The van der Waals surface area contributed by atoms with E-state index in [-0.39, 0.29) is 5.92 Å². The molecule has 0 amide bonds. The Bertz CT molecular complexity index is 877. The number of fused-ring (bicyclic) bond motifs is 1. The lowest BCUT2D eigenvalue weighted by Crippen LogP contribution is -2.21. The Morgan fingerprint density at radius 1 is 1.19 bits per heavy atom. The van der Waals surface area contributed by atoms with Crippen molar-refractivity contribution in [3.63, 3.8) is 0 Å². The Morgan fingerprint density at radius 3 is 2.92 bits per heavy atom. The fourth-order valence-electron chi connectivity index (χ4n) is 3.29. The molecule has 3 heterocycles. The van der Waals surface area contributed by atoms with Crippen LogP contribution in [0.25, 0.3) is 11.1 Å². The molecule has 6 nitrogen and oxygen atoms in total. The highest BCUT2D eigenvalue weighted by Crippen LogP contribution is 2.37. The third kappa shape index (κ3) is 3.29. The van der Waals surface area contributed by atoms with Crippen LogP contribution in [0.15, 0.2) is 59.7 Å². The Labute approximate surface area is 151 Å². The molecule has 0 spiro atoms. The van der Waals surface area contributed by atoms with E-state index in [2.05, 4.69) is 22.4 Å². The van der Waals surface area contributed by atoms with Crippen LogP contribution in [-0.4, -0.2) is 28.3 Å². The molecule has 0 aliphatic carbocycles. The summed E-state index contributed by atoms with van der Waals surface area (Å²) in [6.45, 7) is 1.31. The van der Waals surface area contributed by atoms with E-state index in [1.165, 1.54) is 0 Å². The van der Waals surface area contributed by atoms with Crippen LogP contribution in [0.3, 0.4) is 0 Å². The number of hydrogen-bond acceptors (Lipinski definition) is 6. The van der Waals surface area contributed by atoms with E-state index < -0.39 is 6.29 Å². The second-order valence-electron chi connectivity index (χ2n) is 6.32. The fourth-order valence-corrected chi connectivity index (χ4v) is 3.29. The lowest BCUT2D eigenvalue weighted by atomic mass is 9.91. The normalized spacial score (nSPS) is 16.2. The second kappa shape index (κ2) is 7.19. The zero-order valence-corrected chi connectivity index (χ0v) is 14.1. The summed E-state index contributed by atoms with van der Waals surface area (Å²) < 4.78 is 11.0. The van der Waals surface area contributed by atoms with Gasteiger partial charge in [-0.25, -0.2) is 0 Å². The number of hydrogen-bond donors (Lipinski definition) is 3. The van der Waals surface area contributed by atoms with Gasteiger partial charge in [-0.05, 0) is 35.7 Å². The molecule has 1 unspecified atom stereocenters. The van der Waals surface area contributed by atoms with Crippen LogP contribution in [0.1, 0.15) is 29.8 Å². The number of pyridine rings is 1. The van der Waals surface area contributed by atoms with Gasteiger partial charge in [-0.2, -0.15) is 0 Å². The van der Waals surface area contributed by atoms with Gasteiger partial charge in [-0.3, -0.25) is 4.98 Å². The van der Waals surface area contributed by atoms with Gasteiger partial charge in [0.25, 0.3) is 0 Å². The lowest BCUT2D eigenvalue weighted by molar-refractivity contribution is -0.0419. The van der Waals surface area contributed by atoms with Crippen molar-refractivity contribution in [1.29, 1.82) is 0 Å². The smallest absolute Gasteiger partial charge is 0.180 e. The predicted octanol–water partition coefficient (Wildman–Crippen LogP) is 3.30. The Morgan fingerprint density at radius 2 is 2.12 bits per heavy atom. The molecule has 0 radical (unpaired) electrons. The minimum atomic E-state index is -1.53. The maximum absolute atomic E-state index is 9.48. The molecule has 1 aliphatic heterocycles. The first kappa shape index (κ1) is 16.6. The van der Waals surface area contributed by atoms with Crippen LogP contribution in [0.2, 0.25) is 0 Å². The van der Waals surface area contributed by atoms with E-state index in [1.54, 1.807) is 31.0 Å². The predicted molar refractivity (Wildman–Crippen MR) is 96.9 cm³/mol. The molecular formula is C20H20N2O4. The molecule has 0 saturated carbocycles. The third-order valence-electron chi connectivity index (χ3n) is 4.70. The average molecular weight is 352 g/mol. The highest BCUT2D eigenvalue weighted by Gasteiger charge is 2.22. The molecule has 1 aliphatic rings. The van der Waals surface area contributed by atoms with E-state index in [9.17, 15) is 10.2 Å². The van der Waals surface area contributed by atoms with Gasteiger partial charge >= 0.3 is 0 Å². The number of nitrogens with one attached hydrogen (secondary N) is 1. The molecule has 0 saturated heterocycles. The van der Waals surface area contributed by atoms with Crippen molar-refractivity contribution in [1.82, 2.24) is 4.98 Å². The van der Waals surface area contributed by atoms with Gasteiger partial charge in [0.1, 0.15) is 5.75 Å². The summed E-state index contributed by atoms with van der Waals surface area (Å²) in [5.41, 5.74) is 4.27. The van der Waals surface area contributed by atoms with Crippen molar-refractivity contribution in [2.45, 2.75) is 18.6 Å². The van der Waals surface area contributed by atoms with Gasteiger partial charge < -0.3 is 24.7 Å². The van der Waals surface area contributed by atoms with Crippen molar-refractivity contribution < 1.29 is 19.4 Å². The molecular weight excluding hydrogens is 332 g/mol. The summed E-state index contributed by atoms with van der Waals surface area (Å²) in [4.78, 5) is 4.06. The van der Waals surface area contributed by atoms with Crippen molar-refractivity contribution >= 4 is 5.69 Å². The summed E-state index contributed by atoms with van der Waals surface area (Å²) in [6.07, 6.45) is 5.89. The van der Waals surface area contributed by atoms with Crippen LogP contribution < -0.4 is 10.1 Å². The summed E-state index contributed by atoms with van der Waals surface area (Å²) in [6, 6.07) is 9.72. The van der Waals surface area contributed by atoms with Crippen molar-refractivity contribution in [3.05, 3.63) is 66.4 Å². The number of ether oxygens (including phenoxy) is 1. The molecule has 1 aromatic carbocycles. The van der Waals surface area contributed by atoms with E-state index in [4.69, 9.17) is 9.15 Å².